The van der Waals surface area contributed by atoms with E-state index < -0.39 is 0 Å². The normalized spacial score (nSPS) is 20.1. The number of hydrogen-bond acceptors (Lipinski definition) is 3. The first-order valence-electron chi connectivity index (χ1n) is 6.79. The van der Waals surface area contributed by atoms with E-state index >= 15 is 0 Å². The molecular weight excluding hydrogens is 229 g/mol. The van der Waals surface area contributed by atoms with Gasteiger partial charge in [0.2, 0.25) is 0 Å². The summed E-state index contributed by atoms with van der Waals surface area (Å²) in [6.45, 7) is 6.06. The summed E-state index contributed by atoms with van der Waals surface area (Å²) in [7, 11) is 0. The molecule has 1 saturated heterocycles. The van der Waals surface area contributed by atoms with E-state index in [-0.39, 0.29) is 11.9 Å². The lowest BCUT2D eigenvalue weighted by molar-refractivity contribution is 0.391. The van der Waals surface area contributed by atoms with Crippen LogP contribution in [0, 0.1) is 5.82 Å². The van der Waals surface area contributed by atoms with Gasteiger partial charge in [-0.25, -0.2) is 9.37 Å². The number of aromatic nitrogens is 1. The van der Waals surface area contributed by atoms with Crippen LogP contribution in [0.15, 0.2) is 18.3 Å². The van der Waals surface area contributed by atoms with E-state index in [9.17, 15) is 4.39 Å². The van der Waals surface area contributed by atoms with E-state index in [1.54, 1.807) is 12.3 Å². The van der Waals surface area contributed by atoms with Crippen molar-refractivity contribution < 1.29 is 4.39 Å². The monoisotopic (exact) mass is 251 g/mol. The molecule has 0 radical (unpaired) electrons. The third kappa shape index (κ3) is 3.19. The Morgan fingerprint density at radius 2 is 2.33 bits per heavy atom. The molecule has 1 fully saturated rings. The molecule has 1 aliphatic heterocycles. The first-order chi connectivity index (χ1) is 8.68. The summed E-state index contributed by atoms with van der Waals surface area (Å²) < 4.78 is 13.8. The van der Waals surface area contributed by atoms with Crippen molar-refractivity contribution in [1.82, 2.24) is 10.3 Å². The van der Waals surface area contributed by atoms with Gasteiger partial charge >= 0.3 is 0 Å². The average molecular weight is 251 g/mol. The zero-order valence-electron chi connectivity index (χ0n) is 11.2. The highest BCUT2D eigenvalue weighted by atomic mass is 19.1. The Labute approximate surface area is 108 Å². The standard InChI is InChI=1S/C14H22FN3/c1-11(2)18(10-12-6-3-4-8-16-12)14-13(15)7-5-9-17-14/h5,7,9,11-12,16H,3-4,6,8,10H2,1-2H3. The second-order valence-corrected chi connectivity index (χ2v) is 5.20. The minimum Gasteiger partial charge on any atom is -0.350 e. The topological polar surface area (TPSA) is 28.2 Å². The first-order valence-corrected chi connectivity index (χ1v) is 6.79. The molecule has 3 nitrogen and oxygen atoms in total. The molecule has 0 bridgehead atoms. The maximum absolute atomic E-state index is 13.8. The Morgan fingerprint density at radius 1 is 1.50 bits per heavy atom. The molecule has 4 heteroatoms. The van der Waals surface area contributed by atoms with Gasteiger partial charge in [0.25, 0.3) is 0 Å². The van der Waals surface area contributed by atoms with Crippen LogP contribution in [0.3, 0.4) is 0 Å². The van der Waals surface area contributed by atoms with Gasteiger partial charge in [-0.1, -0.05) is 6.42 Å². The Morgan fingerprint density at radius 3 is 2.94 bits per heavy atom. The predicted octanol–water partition coefficient (Wildman–Crippen LogP) is 2.58. The van der Waals surface area contributed by atoms with Crippen molar-refractivity contribution in [1.29, 1.82) is 0 Å². The molecule has 0 amide bonds. The molecule has 0 aliphatic carbocycles. The van der Waals surface area contributed by atoms with Crippen LogP contribution in [-0.4, -0.2) is 30.2 Å². The van der Waals surface area contributed by atoms with Crippen molar-refractivity contribution in [2.24, 2.45) is 0 Å². The Hall–Kier alpha value is -1.16. The molecule has 1 N–H and O–H groups in total. The fourth-order valence-corrected chi connectivity index (χ4v) is 2.45. The minimum absolute atomic E-state index is 0.234. The van der Waals surface area contributed by atoms with Crippen molar-refractivity contribution in [3.63, 3.8) is 0 Å². The number of rotatable bonds is 4. The van der Waals surface area contributed by atoms with Gasteiger partial charge in [0.1, 0.15) is 0 Å². The van der Waals surface area contributed by atoms with Crippen LogP contribution in [0.5, 0.6) is 0 Å². The summed E-state index contributed by atoms with van der Waals surface area (Å²) in [6, 6.07) is 3.81. The summed E-state index contributed by atoms with van der Waals surface area (Å²) in [5.41, 5.74) is 0. The van der Waals surface area contributed by atoms with Crippen LogP contribution in [-0.2, 0) is 0 Å². The van der Waals surface area contributed by atoms with E-state index in [0.29, 0.717) is 11.9 Å². The van der Waals surface area contributed by atoms with Crippen LogP contribution in [0.25, 0.3) is 0 Å². The van der Waals surface area contributed by atoms with Gasteiger partial charge in [-0.3, -0.25) is 0 Å². The lowest BCUT2D eigenvalue weighted by atomic mass is 10.0. The fourth-order valence-electron chi connectivity index (χ4n) is 2.45. The summed E-state index contributed by atoms with van der Waals surface area (Å²) in [5.74, 6) is 0.238. The molecule has 100 valence electrons. The van der Waals surface area contributed by atoms with E-state index in [4.69, 9.17) is 0 Å². The van der Waals surface area contributed by atoms with Crippen molar-refractivity contribution in [2.45, 2.75) is 45.2 Å². The summed E-state index contributed by atoms with van der Waals surface area (Å²) >= 11 is 0. The van der Waals surface area contributed by atoms with Gasteiger partial charge in [-0.2, -0.15) is 0 Å². The maximum atomic E-state index is 13.8. The van der Waals surface area contributed by atoms with Crippen molar-refractivity contribution >= 4 is 5.82 Å². The molecule has 18 heavy (non-hydrogen) atoms. The van der Waals surface area contributed by atoms with Crippen LogP contribution < -0.4 is 10.2 Å². The van der Waals surface area contributed by atoms with Crippen molar-refractivity contribution in [3.8, 4) is 0 Å². The molecular formula is C14H22FN3. The molecule has 1 aromatic heterocycles. The van der Waals surface area contributed by atoms with Crippen LogP contribution in [0.1, 0.15) is 33.1 Å². The molecule has 0 aromatic carbocycles. The predicted molar refractivity (Wildman–Crippen MR) is 72.3 cm³/mol. The first kappa shape index (κ1) is 13.3. The molecule has 1 atom stereocenters. The summed E-state index contributed by atoms with van der Waals surface area (Å²) in [5, 5.41) is 3.50. The number of piperidine rings is 1. The molecule has 2 heterocycles. The lowest BCUT2D eigenvalue weighted by Gasteiger charge is -2.34. The maximum Gasteiger partial charge on any atom is 0.165 e. The third-order valence-corrected chi connectivity index (χ3v) is 3.46. The second kappa shape index (κ2) is 6.14. The third-order valence-electron chi connectivity index (χ3n) is 3.46. The van der Waals surface area contributed by atoms with Gasteiger partial charge in [0.05, 0.1) is 0 Å². The van der Waals surface area contributed by atoms with Gasteiger partial charge in [-0.15, -0.1) is 0 Å². The number of nitrogens with one attached hydrogen (secondary N) is 1. The van der Waals surface area contributed by atoms with Crippen molar-refractivity contribution in [2.75, 3.05) is 18.0 Å². The van der Waals surface area contributed by atoms with Gasteiger partial charge in [0, 0.05) is 24.8 Å². The zero-order valence-corrected chi connectivity index (χ0v) is 11.2. The minimum atomic E-state index is -0.234. The lowest BCUT2D eigenvalue weighted by Crippen LogP contribution is -2.46. The van der Waals surface area contributed by atoms with Crippen LogP contribution in [0.2, 0.25) is 0 Å². The Kier molecular flexibility index (Phi) is 4.53. The number of nitrogens with zero attached hydrogens (tertiary/aromatic N) is 2. The fraction of sp³-hybridized carbons (Fsp3) is 0.643. The molecule has 1 unspecified atom stereocenters. The highest BCUT2D eigenvalue weighted by molar-refractivity contribution is 5.40. The smallest absolute Gasteiger partial charge is 0.165 e. The van der Waals surface area contributed by atoms with Gasteiger partial charge in [-0.05, 0) is 45.4 Å². The van der Waals surface area contributed by atoms with Gasteiger partial charge < -0.3 is 10.2 Å². The number of hydrogen-bond donors (Lipinski definition) is 1. The van der Waals surface area contributed by atoms with E-state index in [2.05, 4.69) is 29.0 Å². The van der Waals surface area contributed by atoms with E-state index in [0.717, 1.165) is 19.5 Å². The molecule has 0 saturated carbocycles. The largest absolute Gasteiger partial charge is 0.350 e. The van der Waals surface area contributed by atoms with E-state index in [1.165, 1.54) is 18.9 Å². The average Bonchev–Trinajstić information content (AvgIpc) is 2.38. The SMILES string of the molecule is CC(C)N(CC1CCCCN1)c1ncccc1F. The van der Waals surface area contributed by atoms with Crippen LogP contribution >= 0.6 is 0 Å². The number of anilines is 1. The van der Waals surface area contributed by atoms with E-state index in [1.807, 2.05) is 0 Å². The second-order valence-electron chi connectivity index (χ2n) is 5.20. The Bertz CT molecular complexity index is 375. The van der Waals surface area contributed by atoms with Crippen molar-refractivity contribution in [3.05, 3.63) is 24.1 Å². The zero-order chi connectivity index (χ0) is 13.0. The quantitative estimate of drug-likeness (QED) is 0.891. The Balaban J connectivity index is 2.10. The van der Waals surface area contributed by atoms with Crippen LogP contribution in [0.4, 0.5) is 10.2 Å². The summed E-state index contributed by atoms with van der Waals surface area (Å²) in [4.78, 5) is 6.24. The number of pyridine rings is 1. The summed E-state index contributed by atoms with van der Waals surface area (Å²) in [6.07, 6.45) is 5.32. The molecule has 0 spiro atoms. The highest BCUT2D eigenvalue weighted by Crippen LogP contribution is 2.20. The molecule has 1 aromatic rings. The highest BCUT2D eigenvalue weighted by Gasteiger charge is 2.21. The molecule has 1 aliphatic rings. The number of halogens is 1. The van der Waals surface area contributed by atoms with Gasteiger partial charge in [0.15, 0.2) is 11.6 Å². The molecule has 2 rings (SSSR count).